The maximum absolute atomic E-state index is 10.8. The van der Waals surface area contributed by atoms with Gasteiger partial charge in [-0.15, -0.1) is 6.58 Å². The fourth-order valence-electron chi connectivity index (χ4n) is 2.70. The van der Waals surface area contributed by atoms with Crippen LogP contribution in [0.25, 0.3) is 0 Å². The average Bonchev–Trinajstić information content (AvgIpc) is 2.78. The van der Waals surface area contributed by atoms with Crippen LogP contribution < -0.4 is 0 Å². The summed E-state index contributed by atoms with van der Waals surface area (Å²) in [5.74, 6) is 0. The van der Waals surface area contributed by atoms with E-state index in [-0.39, 0.29) is 0 Å². The third kappa shape index (κ3) is 3.91. The van der Waals surface area contributed by atoms with E-state index in [1.165, 1.54) is 12.8 Å². The monoisotopic (exact) mass is 323 g/mol. The molecular formula is C16H22BrNO. The number of β-amino-alcohol motifs (C(OH)–C–C–N with tert-alkyl or cyclic N) is 1. The molecule has 1 aliphatic rings. The Balaban J connectivity index is 1.91. The van der Waals surface area contributed by atoms with E-state index in [1.54, 1.807) is 0 Å². The lowest BCUT2D eigenvalue weighted by molar-refractivity contribution is 0.0459. The van der Waals surface area contributed by atoms with Crippen LogP contribution in [0.5, 0.6) is 0 Å². The van der Waals surface area contributed by atoms with Gasteiger partial charge in [-0.1, -0.05) is 34.1 Å². The highest BCUT2D eigenvalue weighted by atomic mass is 79.9. The van der Waals surface area contributed by atoms with Crippen molar-refractivity contribution in [2.45, 2.75) is 31.3 Å². The summed E-state index contributed by atoms with van der Waals surface area (Å²) in [4.78, 5) is 2.37. The predicted octanol–water partition coefficient (Wildman–Crippen LogP) is 3.70. The third-order valence-corrected chi connectivity index (χ3v) is 4.31. The zero-order chi connectivity index (χ0) is 13.7. The number of hydrogen-bond donors (Lipinski definition) is 1. The number of halogens is 1. The molecule has 19 heavy (non-hydrogen) atoms. The highest BCUT2D eigenvalue weighted by Crippen LogP contribution is 2.33. The van der Waals surface area contributed by atoms with Gasteiger partial charge in [-0.05, 0) is 49.9 Å². The summed E-state index contributed by atoms with van der Waals surface area (Å²) in [5, 5.41) is 10.8. The van der Waals surface area contributed by atoms with Crippen LogP contribution in [-0.2, 0) is 5.60 Å². The average molecular weight is 324 g/mol. The number of unbranched alkanes of at least 4 members (excludes halogenated alkanes) is 2. The molecule has 0 amide bonds. The summed E-state index contributed by atoms with van der Waals surface area (Å²) in [6, 6.07) is 8.03. The molecule has 3 heteroatoms. The first-order valence-corrected chi connectivity index (χ1v) is 7.75. The number of nitrogens with zero attached hydrogens (tertiary/aromatic N) is 1. The van der Waals surface area contributed by atoms with Gasteiger partial charge in [0, 0.05) is 17.6 Å². The van der Waals surface area contributed by atoms with Crippen LogP contribution in [0.3, 0.4) is 0 Å². The Hall–Kier alpha value is -0.640. The van der Waals surface area contributed by atoms with Crippen LogP contribution in [0.2, 0.25) is 0 Å². The van der Waals surface area contributed by atoms with Gasteiger partial charge in [-0.2, -0.15) is 0 Å². The molecule has 1 unspecified atom stereocenters. The number of likely N-dealkylation sites (tertiary alicyclic amines) is 1. The normalized spacial score (nSPS) is 23.7. The number of rotatable bonds is 6. The third-order valence-electron chi connectivity index (χ3n) is 3.82. The molecule has 1 atom stereocenters. The molecule has 1 heterocycles. The van der Waals surface area contributed by atoms with E-state index in [1.807, 2.05) is 30.3 Å². The van der Waals surface area contributed by atoms with E-state index in [4.69, 9.17) is 0 Å². The molecule has 0 aromatic heterocycles. The Morgan fingerprint density at radius 2 is 2.26 bits per heavy atom. The van der Waals surface area contributed by atoms with Gasteiger partial charge in [0.15, 0.2) is 0 Å². The summed E-state index contributed by atoms with van der Waals surface area (Å²) >= 11 is 3.47. The molecular weight excluding hydrogens is 302 g/mol. The number of allylic oxidation sites excluding steroid dienone is 1. The number of aliphatic hydroxyl groups is 1. The van der Waals surface area contributed by atoms with Gasteiger partial charge in [0.05, 0.1) is 0 Å². The fourth-order valence-corrected chi connectivity index (χ4v) is 3.10. The minimum Gasteiger partial charge on any atom is -0.384 e. The number of benzene rings is 1. The van der Waals surface area contributed by atoms with Crippen LogP contribution in [0.1, 0.15) is 31.2 Å². The standard InChI is InChI=1S/C16H22BrNO/c1-2-3-4-5-10-18-11-9-16(19,13-18)14-7-6-8-15(17)12-14/h2,6-8,12,19H,1,3-5,9-11,13H2. The lowest BCUT2D eigenvalue weighted by Crippen LogP contribution is -2.31. The molecule has 1 aromatic rings. The molecule has 1 fully saturated rings. The Morgan fingerprint density at radius 3 is 3.00 bits per heavy atom. The molecule has 1 N–H and O–H groups in total. The van der Waals surface area contributed by atoms with Gasteiger partial charge in [0.1, 0.15) is 5.60 Å². The Morgan fingerprint density at radius 1 is 1.42 bits per heavy atom. The van der Waals surface area contributed by atoms with E-state index < -0.39 is 5.60 Å². The Labute approximate surface area is 124 Å². The molecule has 2 rings (SSSR count). The molecule has 104 valence electrons. The first-order chi connectivity index (χ1) is 9.14. The van der Waals surface area contributed by atoms with Crippen LogP contribution in [-0.4, -0.2) is 29.6 Å². The molecule has 0 radical (unpaired) electrons. The Kier molecular flexibility index (Phi) is 5.20. The van der Waals surface area contributed by atoms with E-state index >= 15 is 0 Å². The van der Waals surface area contributed by atoms with Crippen molar-refractivity contribution in [2.75, 3.05) is 19.6 Å². The zero-order valence-electron chi connectivity index (χ0n) is 11.3. The summed E-state index contributed by atoms with van der Waals surface area (Å²) in [7, 11) is 0. The van der Waals surface area contributed by atoms with Gasteiger partial charge in [0.25, 0.3) is 0 Å². The van der Waals surface area contributed by atoms with Crippen molar-refractivity contribution in [2.24, 2.45) is 0 Å². The predicted molar refractivity (Wildman–Crippen MR) is 83.1 cm³/mol. The second-order valence-corrected chi connectivity index (χ2v) is 6.27. The van der Waals surface area contributed by atoms with Crippen molar-refractivity contribution in [3.05, 3.63) is 47.0 Å². The van der Waals surface area contributed by atoms with Crippen molar-refractivity contribution in [3.8, 4) is 0 Å². The highest BCUT2D eigenvalue weighted by Gasteiger charge is 2.37. The van der Waals surface area contributed by atoms with Crippen molar-refractivity contribution in [1.82, 2.24) is 4.90 Å². The summed E-state index contributed by atoms with van der Waals surface area (Å²) in [6.45, 7) is 6.55. The first-order valence-electron chi connectivity index (χ1n) is 6.96. The van der Waals surface area contributed by atoms with Crippen LogP contribution >= 0.6 is 15.9 Å². The van der Waals surface area contributed by atoms with E-state index in [2.05, 4.69) is 27.4 Å². The minimum atomic E-state index is -0.678. The second kappa shape index (κ2) is 6.69. The van der Waals surface area contributed by atoms with Crippen molar-refractivity contribution in [1.29, 1.82) is 0 Å². The van der Waals surface area contributed by atoms with Gasteiger partial charge >= 0.3 is 0 Å². The van der Waals surface area contributed by atoms with E-state index in [0.29, 0.717) is 0 Å². The maximum Gasteiger partial charge on any atom is 0.103 e. The van der Waals surface area contributed by atoms with E-state index in [0.717, 1.165) is 42.5 Å². The first kappa shape index (κ1) is 14.8. The molecule has 1 saturated heterocycles. The smallest absolute Gasteiger partial charge is 0.103 e. The molecule has 1 aliphatic heterocycles. The molecule has 1 aromatic carbocycles. The summed E-state index contributed by atoms with van der Waals surface area (Å²) in [5.41, 5.74) is 0.345. The Bertz CT molecular complexity index is 435. The summed E-state index contributed by atoms with van der Waals surface area (Å²) < 4.78 is 1.03. The van der Waals surface area contributed by atoms with Crippen molar-refractivity contribution >= 4 is 15.9 Å². The second-order valence-electron chi connectivity index (χ2n) is 5.35. The highest BCUT2D eigenvalue weighted by molar-refractivity contribution is 9.10. The quantitative estimate of drug-likeness (QED) is 0.637. The van der Waals surface area contributed by atoms with Crippen LogP contribution in [0, 0.1) is 0 Å². The van der Waals surface area contributed by atoms with Crippen molar-refractivity contribution < 1.29 is 5.11 Å². The number of hydrogen-bond acceptors (Lipinski definition) is 2. The van der Waals surface area contributed by atoms with Crippen LogP contribution in [0.4, 0.5) is 0 Å². The molecule has 0 bridgehead atoms. The van der Waals surface area contributed by atoms with Gasteiger partial charge in [-0.25, -0.2) is 0 Å². The lowest BCUT2D eigenvalue weighted by Gasteiger charge is -2.24. The largest absolute Gasteiger partial charge is 0.384 e. The van der Waals surface area contributed by atoms with Gasteiger partial charge in [0.2, 0.25) is 0 Å². The zero-order valence-corrected chi connectivity index (χ0v) is 12.9. The maximum atomic E-state index is 10.8. The topological polar surface area (TPSA) is 23.5 Å². The SMILES string of the molecule is C=CCCCCN1CCC(O)(c2cccc(Br)c2)C1. The molecule has 2 nitrogen and oxygen atoms in total. The van der Waals surface area contributed by atoms with Gasteiger partial charge in [-0.3, -0.25) is 0 Å². The lowest BCUT2D eigenvalue weighted by atomic mass is 9.93. The summed E-state index contributed by atoms with van der Waals surface area (Å²) in [6.07, 6.45) is 6.26. The van der Waals surface area contributed by atoms with E-state index in [9.17, 15) is 5.11 Å². The minimum absolute atomic E-state index is 0.678. The van der Waals surface area contributed by atoms with Crippen LogP contribution in [0.15, 0.2) is 41.4 Å². The van der Waals surface area contributed by atoms with Gasteiger partial charge < -0.3 is 10.0 Å². The molecule has 0 saturated carbocycles. The van der Waals surface area contributed by atoms with Crippen molar-refractivity contribution in [3.63, 3.8) is 0 Å². The molecule has 0 spiro atoms. The molecule has 0 aliphatic carbocycles. The fraction of sp³-hybridized carbons (Fsp3) is 0.500.